The predicted octanol–water partition coefficient (Wildman–Crippen LogP) is 2.85. The Morgan fingerprint density at radius 1 is 1.22 bits per heavy atom. The number of aromatic hydroxyl groups is 1. The zero-order chi connectivity index (χ0) is 18.4. The van der Waals surface area contributed by atoms with Crippen LogP contribution in [0.1, 0.15) is 39.7 Å². The van der Waals surface area contributed by atoms with Crippen molar-refractivity contribution in [1.29, 1.82) is 0 Å². The average Bonchev–Trinajstić information content (AvgIpc) is 3.42. The Morgan fingerprint density at radius 2 is 2.07 bits per heavy atom. The molecule has 138 valence electrons. The lowest BCUT2D eigenvalue weighted by Crippen LogP contribution is -3.12. The molecule has 1 aliphatic rings. The van der Waals surface area contributed by atoms with Gasteiger partial charge in [0.1, 0.15) is 11.4 Å². The van der Waals surface area contributed by atoms with E-state index in [4.69, 9.17) is 0 Å². The summed E-state index contributed by atoms with van der Waals surface area (Å²) in [4.78, 5) is 9.04. The molecule has 1 unspecified atom stereocenters. The number of aryl methyl sites for hydroxylation is 1. The number of benzene rings is 1. The van der Waals surface area contributed by atoms with E-state index in [0.29, 0.717) is 0 Å². The third-order valence-corrected chi connectivity index (χ3v) is 7.33. The number of thiazole rings is 1. The second kappa shape index (κ2) is 6.74. The Hall–Kier alpha value is -2.22. The molecule has 5 rings (SSSR count). The van der Waals surface area contributed by atoms with Crippen LogP contribution in [0.4, 0.5) is 0 Å². The summed E-state index contributed by atoms with van der Waals surface area (Å²) in [7, 11) is 0. The molecule has 0 radical (unpaired) electrons. The molecule has 4 heterocycles. The summed E-state index contributed by atoms with van der Waals surface area (Å²) in [5.74, 6) is 1.02. The summed E-state index contributed by atoms with van der Waals surface area (Å²) in [6.45, 7) is 4.04. The van der Waals surface area contributed by atoms with Crippen LogP contribution < -0.4 is 4.90 Å². The summed E-state index contributed by atoms with van der Waals surface area (Å²) in [5, 5.41) is 17.5. The number of hydrogen-bond acceptors (Lipinski definition) is 5. The van der Waals surface area contributed by atoms with Crippen molar-refractivity contribution in [3.8, 4) is 5.88 Å². The fourth-order valence-electron chi connectivity index (χ4n) is 3.95. The highest BCUT2D eigenvalue weighted by molar-refractivity contribution is 7.17. The van der Waals surface area contributed by atoms with E-state index in [2.05, 4.69) is 51.9 Å². The number of hydrogen-bond donors (Lipinski definition) is 2. The summed E-state index contributed by atoms with van der Waals surface area (Å²) >= 11 is 3.32. The number of thiophene rings is 1. The molecule has 0 spiro atoms. The minimum Gasteiger partial charge on any atom is -0.492 e. The van der Waals surface area contributed by atoms with E-state index < -0.39 is 0 Å². The van der Waals surface area contributed by atoms with E-state index in [1.807, 2.05) is 6.92 Å². The van der Waals surface area contributed by atoms with Crippen molar-refractivity contribution in [2.45, 2.75) is 32.4 Å². The summed E-state index contributed by atoms with van der Waals surface area (Å²) in [5.41, 5.74) is 2.86. The van der Waals surface area contributed by atoms with Gasteiger partial charge in [0.2, 0.25) is 10.8 Å². The Morgan fingerprint density at radius 3 is 2.81 bits per heavy atom. The molecule has 5 nitrogen and oxygen atoms in total. The summed E-state index contributed by atoms with van der Waals surface area (Å²) in [6, 6.07) is 13.1. The van der Waals surface area contributed by atoms with Gasteiger partial charge in [-0.2, -0.15) is 4.52 Å². The first-order chi connectivity index (χ1) is 13.2. The van der Waals surface area contributed by atoms with Crippen LogP contribution in [0.3, 0.4) is 0 Å². The number of quaternary nitrogens is 1. The van der Waals surface area contributed by atoms with E-state index in [0.717, 1.165) is 41.6 Å². The zero-order valence-corrected chi connectivity index (χ0v) is 16.7. The quantitative estimate of drug-likeness (QED) is 0.557. The highest BCUT2D eigenvalue weighted by Gasteiger charge is 2.35. The minimum atomic E-state index is 0.108. The first kappa shape index (κ1) is 16.9. The van der Waals surface area contributed by atoms with Gasteiger partial charge in [0, 0.05) is 18.4 Å². The lowest BCUT2D eigenvalue weighted by molar-refractivity contribution is -0.940. The van der Waals surface area contributed by atoms with E-state index in [1.165, 1.54) is 20.9 Å². The molecule has 4 aromatic rings. The number of aromatic nitrogens is 3. The maximum absolute atomic E-state index is 11.0. The van der Waals surface area contributed by atoms with Gasteiger partial charge in [0.15, 0.2) is 11.9 Å². The smallest absolute Gasteiger partial charge is 0.235 e. The molecule has 0 saturated carbocycles. The molecule has 1 aliphatic heterocycles. The van der Waals surface area contributed by atoms with Gasteiger partial charge in [-0.3, -0.25) is 0 Å². The van der Waals surface area contributed by atoms with Crippen molar-refractivity contribution in [2.24, 2.45) is 0 Å². The molecule has 2 atom stereocenters. The Labute approximate surface area is 165 Å². The van der Waals surface area contributed by atoms with Gasteiger partial charge in [0.25, 0.3) is 0 Å². The van der Waals surface area contributed by atoms with Crippen LogP contribution in [0.5, 0.6) is 5.88 Å². The van der Waals surface area contributed by atoms with E-state index in [-0.39, 0.29) is 11.9 Å². The molecular weight excluding hydrogens is 376 g/mol. The molecule has 0 fully saturated rings. The molecule has 0 aliphatic carbocycles. The van der Waals surface area contributed by atoms with E-state index in [1.54, 1.807) is 27.2 Å². The van der Waals surface area contributed by atoms with Gasteiger partial charge in [-0.25, -0.2) is 4.98 Å². The maximum atomic E-state index is 11.0. The van der Waals surface area contributed by atoms with Gasteiger partial charge >= 0.3 is 0 Å². The van der Waals surface area contributed by atoms with Crippen molar-refractivity contribution in [3.63, 3.8) is 0 Å². The molecule has 2 N–H and O–H groups in total. The number of fused-ring (bicyclic) bond motifs is 2. The predicted molar refractivity (Wildman–Crippen MR) is 108 cm³/mol. The van der Waals surface area contributed by atoms with Crippen LogP contribution in [0, 0.1) is 0 Å². The van der Waals surface area contributed by atoms with Gasteiger partial charge in [-0.1, -0.05) is 48.6 Å². The summed E-state index contributed by atoms with van der Waals surface area (Å²) < 4.78 is 1.61. The topological polar surface area (TPSA) is 54.9 Å². The molecule has 0 saturated heterocycles. The molecule has 7 heteroatoms. The Balaban J connectivity index is 1.59. The van der Waals surface area contributed by atoms with Gasteiger partial charge in [-0.15, -0.1) is 16.4 Å². The van der Waals surface area contributed by atoms with Crippen LogP contribution in [0.15, 0.2) is 41.8 Å². The normalized spacial score (nSPS) is 17.9. The van der Waals surface area contributed by atoms with Crippen LogP contribution in [0.25, 0.3) is 4.96 Å². The van der Waals surface area contributed by atoms with Gasteiger partial charge in [0.05, 0.1) is 11.4 Å². The van der Waals surface area contributed by atoms with Gasteiger partial charge < -0.3 is 10.0 Å². The fraction of sp³-hybridized carbons (Fsp3) is 0.300. The molecule has 0 amide bonds. The van der Waals surface area contributed by atoms with Crippen molar-refractivity contribution in [3.05, 3.63) is 68.5 Å². The second-order valence-electron chi connectivity index (χ2n) is 6.92. The lowest BCUT2D eigenvalue weighted by Gasteiger charge is -2.31. The largest absolute Gasteiger partial charge is 0.492 e. The number of nitrogens with one attached hydrogen (secondary N) is 1. The molecule has 1 aromatic carbocycles. The summed E-state index contributed by atoms with van der Waals surface area (Å²) in [6.07, 6.45) is 1.83. The van der Waals surface area contributed by atoms with Crippen molar-refractivity contribution in [1.82, 2.24) is 14.6 Å². The third-order valence-electron chi connectivity index (χ3n) is 5.31. The fourth-order valence-corrected chi connectivity index (χ4v) is 6.07. The Bertz CT molecular complexity index is 1080. The molecule has 3 aromatic heterocycles. The zero-order valence-electron chi connectivity index (χ0n) is 15.1. The van der Waals surface area contributed by atoms with Crippen LogP contribution in [-0.4, -0.2) is 26.2 Å². The first-order valence-corrected chi connectivity index (χ1v) is 11.0. The average molecular weight is 398 g/mol. The molecular formula is C20H21N4OS2+. The highest BCUT2D eigenvalue weighted by atomic mass is 32.1. The van der Waals surface area contributed by atoms with Crippen molar-refractivity contribution < 1.29 is 10.0 Å². The lowest BCUT2D eigenvalue weighted by atomic mass is 9.98. The minimum absolute atomic E-state index is 0.108. The highest BCUT2D eigenvalue weighted by Crippen LogP contribution is 2.36. The van der Waals surface area contributed by atoms with Crippen LogP contribution in [-0.2, 0) is 19.4 Å². The number of nitrogens with zero attached hydrogens (tertiary/aromatic N) is 3. The Kier molecular flexibility index (Phi) is 4.22. The third kappa shape index (κ3) is 2.86. The molecule has 0 bridgehead atoms. The SMILES string of the molecule is CCc1nc2sc([C@@H](c3cccs3)[NH+]3CCc4ccccc4C3)c(O)n2n1. The van der Waals surface area contributed by atoms with E-state index in [9.17, 15) is 5.11 Å². The van der Waals surface area contributed by atoms with Crippen molar-refractivity contribution >= 4 is 27.6 Å². The van der Waals surface area contributed by atoms with Gasteiger partial charge in [-0.05, 0) is 17.0 Å². The second-order valence-corrected chi connectivity index (χ2v) is 8.91. The standard InChI is InChI=1S/C20H20N4OS2/c1-2-16-21-20-24(22-16)19(25)18(27-20)17(15-8-5-11-26-15)23-10-9-13-6-3-4-7-14(13)12-23/h3-8,11,17,25H,2,9-10,12H2,1H3/p+1/t17-/m1/s1. The number of rotatable bonds is 4. The molecule has 27 heavy (non-hydrogen) atoms. The van der Waals surface area contributed by atoms with Crippen molar-refractivity contribution in [2.75, 3.05) is 6.54 Å². The first-order valence-electron chi connectivity index (χ1n) is 9.26. The van der Waals surface area contributed by atoms with E-state index >= 15 is 0 Å². The monoisotopic (exact) mass is 397 g/mol. The van der Waals surface area contributed by atoms with Crippen LogP contribution in [0.2, 0.25) is 0 Å². The maximum Gasteiger partial charge on any atom is 0.235 e. The van der Waals surface area contributed by atoms with Crippen LogP contribution >= 0.6 is 22.7 Å².